The van der Waals surface area contributed by atoms with Crippen LogP contribution in [0.25, 0.3) is 72.7 Å². The summed E-state index contributed by atoms with van der Waals surface area (Å²) in [7, 11) is 0. The van der Waals surface area contributed by atoms with E-state index in [0.29, 0.717) is 0 Å². The molecule has 1 unspecified atom stereocenters. The summed E-state index contributed by atoms with van der Waals surface area (Å²) >= 11 is 0. The number of imidazole rings is 1. The lowest BCUT2D eigenvalue weighted by Gasteiger charge is -2.39. The monoisotopic (exact) mass is 826 g/mol. The zero-order chi connectivity index (χ0) is 45.0. The fourth-order valence-corrected chi connectivity index (χ4v) is 10.5. The molecule has 4 heteroatoms. The van der Waals surface area contributed by atoms with E-state index in [2.05, 4.69) is 217 Å². The van der Waals surface area contributed by atoms with Crippen molar-refractivity contribution in [3.05, 3.63) is 167 Å². The molecule has 0 fully saturated rings. The Morgan fingerprint density at radius 3 is 2.05 bits per heavy atom. The van der Waals surface area contributed by atoms with Crippen molar-refractivity contribution in [1.82, 2.24) is 4.57 Å². The van der Waals surface area contributed by atoms with E-state index in [1.807, 2.05) is 13.8 Å². The van der Waals surface area contributed by atoms with E-state index in [-0.39, 0.29) is 16.2 Å². The molecule has 0 saturated carbocycles. The second kappa shape index (κ2) is 13.1. The van der Waals surface area contributed by atoms with Crippen LogP contribution >= 0.6 is 0 Å². The molecule has 2 aromatic heterocycles. The Hall–Kier alpha value is -6.26. The van der Waals surface area contributed by atoms with Gasteiger partial charge in [0.05, 0.1) is 5.56 Å². The number of aryl methyl sites for hydroxylation is 2. The lowest BCUT2D eigenvalue weighted by atomic mass is 9.65. The van der Waals surface area contributed by atoms with Gasteiger partial charge in [0.25, 0.3) is 0 Å². The molecule has 4 nitrogen and oxygen atoms in total. The molecule has 5 heterocycles. The summed E-state index contributed by atoms with van der Waals surface area (Å²) in [6, 6.07) is 47.7. The van der Waals surface area contributed by atoms with Gasteiger partial charge in [0.15, 0.2) is 23.0 Å². The first-order chi connectivity index (χ1) is 30.2. The number of hydrogen-bond donors (Lipinski definition) is 0. The molecule has 1 spiro atoms. The number of benzene rings is 6. The van der Waals surface area contributed by atoms with Crippen molar-refractivity contribution in [1.29, 1.82) is 0 Å². The largest absolute Gasteiger partial charge is 0.499 e. The first-order valence-corrected chi connectivity index (χ1v) is 22.7. The van der Waals surface area contributed by atoms with Gasteiger partial charge in [-0.2, -0.15) is 4.57 Å². The summed E-state index contributed by atoms with van der Waals surface area (Å²) in [6.07, 6.45) is 2.26. The van der Waals surface area contributed by atoms with Crippen LogP contribution in [0.4, 0.5) is 0 Å². The number of pyridine rings is 1. The predicted molar refractivity (Wildman–Crippen MR) is 259 cm³/mol. The van der Waals surface area contributed by atoms with E-state index >= 15 is 0 Å². The minimum atomic E-state index is -1.06. The number of hydrogen-bond acceptors (Lipinski definition) is 1. The lowest BCUT2D eigenvalue weighted by molar-refractivity contribution is -0.997. The molecule has 0 bridgehead atoms. The quantitative estimate of drug-likeness (QED) is 0.158. The molecule has 0 aliphatic carbocycles. The lowest BCUT2D eigenvalue weighted by Crippen LogP contribution is -2.78. The number of para-hydroxylation sites is 1. The van der Waals surface area contributed by atoms with E-state index in [1.54, 1.807) is 0 Å². The maximum absolute atomic E-state index is 8.66. The van der Waals surface area contributed by atoms with E-state index in [1.165, 1.54) is 50.1 Å². The van der Waals surface area contributed by atoms with E-state index < -0.39 is 11.7 Å². The Balaban J connectivity index is 1.29. The van der Waals surface area contributed by atoms with Gasteiger partial charge in [0.2, 0.25) is 5.69 Å². The smallest absolute Gasteiger partial charge is 0.392 e. The Labute approximate surface area is 374 Å². The maximum Gasteiger partial charge on any atom is 0.499 e. The highest BCUT2D eigenvalue weighted by molar-refractivity contribution is 5.98. The van der Waals surface area contributed by atoms with Gasteiger partial charge in [-0.05, 0) is 123 Å². The molecule has 3 aliphatic heterocycles. The molecule has 0 N–H and O–H groups in total. The molecule has 314 valence electrons. The van der Waals surface area contributed by atoms with Crippen LogP contribution in [-0.2, 0) is 16.7 Å². The van der Waals surface area contributed by atoms with Crippen LogP contribution in [0.2, 0.25) is 0 Å². The summed E-state index contributed by atoms with van der Waals surface area (Å²) < 4.78 is 24.0. The molecule has 0 saturated heterocycles. The average Bonchev–Trinajstić information content (AvgIpc) is 3.74. The summed E-state index contributed by atoms with van der Waals surface area (Å²) in [6.45, 7) is 27.1. The molecule has 0 amide bonds. The highest BCUT2D eigenvalue weighted by Gasteiger charge is 2.69. The van der Waals surface area contributed by atoms with Crippen LogP contribution in [0, 0.1) is 19.3 Å². The third kappa shape index (κ3) is 5.46. The SMILES string of the molecule is [2H]C(C)(C)c1ccc(-c2cc[n+]3c(c2)-c2cc(C(C)(C)C)cc4c2C32Oc3c(C)cc(C)cc3-c3n(-c5ccc(C(C)(C)C(C)(C)C)cc5-c5ccccc5)c5cccc-4c5[n+]32)cc1. The molecule has 3 aliphatic rings. The summed E-state index contributed by atoms with van der Waals surface area (Å²) in [5.74, 6) is 0.274. The highest BCUT2D eigenvalue weighted by atomic mass is 16.5. The van der Waals surface area contributed by atoms with Crippen molar-refractivity contribution in [3.63, 3.8) is 0 Å². The second-order valence-corrected chi connectivity index (χ2v) is 21.3. The molecular formula is C59H59N3O+2. The number of rotatable bonds is 5. The summed E-state index contributed by atoms with van der Waals surface area (Å²) in [5, 5.41) is 0. The van der Waals surface area contributed by atoms with Crippen LogP contribution < -0.4 is 13.9 Å². The van der Waals surface area contributed by atoms with Gasteiger partial charge >= 0.3 is 11.7 Å². The van der Waals surface area contributed by atoms with Crippen molar-refractivity contribution in [2.75, 3.05) is 0 Å². The molecule has 11 rings (SSSR count). The second-order valence-electron chi connectivity index (χ2n) is 21.3. The molecule has 0 radical (unpaired) electrons. The van der Waals surface area contributed by atoms with Gasteiger partial charge in [-0.25, -0.2) is 0 Å². The number of aromatic nitrogens is 3. The molecule has 8 aromatic rings. The number of nitrogens with zero attached hydrogens (tertiary/aromatic N) is 3. The topological polar surface area (TPSA) is 21.9 Å². The Bertz CT molecular complexity index is 3280. The van der Waals surface area contributed by atoms with Gasteiger partial charge in [-0.15, -0.1) is 9.13 Å². The van der Waals surface area contributed by atoms with Gasteiger partial charge in [-0.1, -0.05) is 142 Å². The molecule has 1 atom stereocenters. The third-order valence-corrected chi connectivity index (χ3v) is 15.0. The van der Waals surface area contributed by atoms with Crippen LogP contribution in [0.5, 0.6) is 5.75 Å². The van der Waals surface area contributed by atoms with Crippen molar-refractivity contribution in [2.45, 2.75) is 106 Å². The first-order valence-electron chi connectivity index (χ1n) is 23.2. The molecule has 6 aromatic carbocycles. The highest BCUT2D eigenvalue weighted by Crippen LogP contribution is 2.55. The fourth-order valence-electron chi connectivity index (χ4n) is 10.5. The van der Waals surface area contributed by atoms with Gasteiger partial charge in [0.1, 0.15) is 16.8 Å². The fraction of sp³-hybridized carbons (Fsp3) is 0.288. The van der Waals surface area contributed by atoms with Crippen molar-refractivity contribution in [3.8, 4) is 67.5 Å². The standard InChI is InChI=1S/C59H59N3O/c1-35(2)38-21-23-39(24-22-38)41-27-28-60-51(31-41)47-34-43(56(5,6)7)33-46-44-19-16-20-50-53(44)62-55(48-30-36(3)29-37(4)54(48)63-59(60,62)52(46)47)61(50)49-26-25-42(58(11,12)57(8,9)10)32-45(49)40-17-14-13-15-18-40/h13-35H,1-12H3/q+2/i35D. The molecule has 63 heavy (non-hydrogen) atoms. The molecular weight excluding hydrogens is 767 g/mol. The van der Waals surface area contributed by atoms with Crippen molar-refractivity contribution in [2.24, 2.45) is 5.41 Å². The Morgan fingerprint density at radius 2 is 1.35 bits per heavy atom. The van der Waals surface area contributed by atoms with E-state index in [9.17, 15) is 0 Å². The van der Waals surface area contributed by atoms with Gasteiger partial charge < -0.3 is 4.74 Å². The van der Waals surface area contributed by atoms with Crippen LogP contribution in [0.3, 0.4) is 0 Å². The summed E-state index contributed by atoms with van der Waals surface area (Å²) in [5.41, 5.74) is 20.8. The van der Waals surface area contributed by atoms with Crippen LogP contribution in [-0.4, -0.2) is 4.57 Å². The predicted octanol–water partition coefficient (Wildman–Crippen LogP) is 14.1. The Morgan fingerprint density at radius 1 is 0.635 bits per heavy atom. The van der Waals surface area contributed by atoms with Gasteiger partial charge in [-0.3, -0.25) is 0 Å². The number of fused-ring (bicyclic) bond motifs is 5. The zero-order valence-corrected chi connectivity index (χ0v) is 39.0. The van der Waals surface area contributed by atoms with Crippen LogP contribution in [0.1, 0.15) is 110 Å². The maximum atomic E-state index is 8.66. The minimum Gasteiger partial charge on any atom is -0.392 e. The average molecular weight is 827 g/mol. The van der Waals surface area contributed by atoms with Crippen LogP contribution in [0.15, 0.2) is 134 Å². The third-order valence-electron chi connectivity index (χ3n) is 15.0. The van der Waals surface area contributed by atoms with Crippen molar-refractivity contribution < 1.29 is 15.2 Å². The van der Waals surface area contributed by atoms with Crippen molar-refractivity contribution >= 4 is 11.0 Å². The number of ether oxygens (including phenoxy) is 1. The van der Waals surface area contributed by atoms with E-state index in [0.717, 1.165) is 61.8 Å². The minimum absolute atomic E-state index is 0.0354. The Kier molecular flexibility index (Phi) is 8.01. The normalized spacial score (nSPS) is 16.3. The zero-order valence-electron chi connectivity index (χ0n) is 40.0. The first kappa shape index (κ1) is 38.4. The van der Waals surface area contributed by atoms with Gasteiger partial charge in [0, 0.05) is 30.2 Å². The van der Waals surface area contributed by atoms with E-state index in [4.69, 9.17) is 6.11 Å². The summed E-state index contributed by atoms with van der Waals surface area (Å²) in [4.78, 5) is 0.